The summed E-state index contributed by atoms with van der Waals surface area (Å²) >= 11 is 0. The van der Waals surface area contributed by atoms with Gasteiger partial charge in [-0.25, -0.2) is 0 Å². The molecular weight excluding hydrogens is 262 g/mol. The Kier molecular flexibility index (Phi) is 5.35. The lowest BCUT2D eigenvalue weighted by atomic mass is 10.00. The van der Waals surface area contributed by atoms with Crippen LogP contribution >= 0.6 is 0 Å². The van der Waals surface area contributed by atoms with Gasteiger partial charge in [-0.1, -0.05) is 24.3 Å². The van der Waals surface area contributed by atoms with Crippen molar-refractivity contribution in [3.05, 3.63) is 35.4 Å². The van der Waals surface area contributed by atoms with E-state index in [0.717, 1.165) is 19.5 Å². The Hall–Kier alpha value is -1.86. The molecule has 1 atom stereocenters. The maximum Gasteiger partial charge on any atom is 0.236 e. The zero-order valence-corrected chi connectivity index (χ0v) is 12.9. The maximum absolute atomic E-state index is 12.4. The number of likely N-dealkylation sites (N-methyl/N-ethyl adjacent to an activating group) is 1. The van der Waals surface area contributed by atoms with Gasteiger partial charge in [0.1, 0.15) is 0 Å². The first kappa shape index (κ1) is 15.5. The number of carbonyl (C=O) groups excluding carboxylic acids is 1. The van der Waals surface area contributed by atoms with Crippen molar-refractivity contribution in [3.63, 3.8) is 0 Å². The van der Waals surface area contributed by atoms with Crippen LogP contribution in [0.2, 0.25) is 0 Å². The minimum Gasteiger partial charge on any atom is -0.341 e. The van der Waals surface area contributed by atoms with Gasteiger partial charge >= 0.3 is 0 Å². The minimum absolute atomic E-state index is 0.115. The van der Waals surface area contributed by atoms with Crippen LogP contribution in [-0.2, 0) is 17.8 Å². The van der Waals surface area contributed by atoms with Gasteiger partial charge in [-0.15, -0.1) is 0 Å². The molecule has 4 heteroatoms. The fourth-order valence-electron chi connectivity index (χ4n) is 2.76. The van der Waals surface area contributed by atoms with Crippen molar-refractivity contribution in [3.8, 4) is 6.07 Å². The van der Waals surface area contributed by atoms with Gasteiger partial charge in [-0.3, -0.25) is 9.69 Å². The summed E-state index contributed by atoms with van der Waals surface area (Å²) in [6.45, 7) is 7.22. The molecule has 0 saturated heterocycles. The fraction of sp³-hybridized carbons (Fsp3) is 0.529. The SMILES string of the molecule is CCN(CC(C)C#N)C(=O)CN1CCc2ccccc2C1. The Morgan fingerprint density at radius 2 is 2.14 bits per heavy atom. The van der Waals surface area contributed by atoms with Crippen molar-refractivity contribution in [2.45, 2.75) is 26.8 Å². The molecule has 0 spiro atoms. The Bertz CT molecular complexity index is 535. The lowest BCUT2D eigenvalue weighted by Gasteiger charge is -2.30. The molecule has 21 heavy (non-hydrogen) atoms. The zero-order valence-electron chi connectivity index (χ0n) is 12.9. The van der Waals surface area contributed by atoms with Crippen LogP contribution in [0.5, 0.6) is 0 Å². The number of benzene rings is 1. The summed E-state index contributed by atoms with van der Waals surface area (Å²) in [5.41, 5.74) is 2.72. The number of nitriles is 1. The largest absolute Gasteiger partial charge is 0.341 e. The van der Waals surface area contributed by atoms with E-state index < -0.39 is 0 Å². The first-order chi connectivity index (χ1) is 10.1. The van der Waals surface area contributed by atoms with Crippen molar-refractivity contribution in [1.82, 2.24) is 9.80 Å². The molecule has 0 bridgehead atoms. The van der Waals surface area contributed by atoms with E-state index in [-0.39, 0.29) is 11.8 Å². The van der Waals surface area contributed by atoms with Crippen molar-refractivity contribution in [1.29, 1.82) is 5.26 Å². The van der Waals surface area contributed by atoms with Crippen LogP contribution in [0.25, 0.3) is 0 Å². The summed E-state index contributed by atoms with van der Waals surface area (Å²) < 4.78 is 0. The fourth-order valence-corrected chi connectivity index (χ4v) is 2.76. The van der Waals surface area contributed by atoms with Crippen molar-refractivity contribution in [2.75, 3.05) is 26.2 Å². The van der Waals surface area contributed by atoms with Gasteiger partial charge in [0.2, 0.25) is 5.91 Å². The van der Waals surface area contributed by atoms with Crippen molar-refractivity contribution >= 4 is 5.91 Å². The average molecular weight is 285 g/mol. The molecule has 0 N–H and O–H groups in total. The molecule has 1 aromatic carbocycles. The summed E-state index contributed by atoms with van der Waals surface area (Å²) in [6, 6.07) is 10.6. The van der Waals surface area contributed by atoms with Crippen molar-refractivity contribution < 1.29 is 4.79 Å². The molecule has 2 rings (SSSR count). The van der Waals surface area contributed by atoms with Crippen LogP contribution in [-0.4, -0.2) is 41.9 Å². The second-order valence-corrected chi connectivity index (χ2v) is 5.69. The first-order valence-electron chi connectivity index (χ1n) is 7.60. The first-order valence-corrected chi connectivity index (χ1v) is 7.60. The van der Waals surface area contributed by atoms with Gasteiger partial charge in [0.05, 0.1) is 18.5 Å². The van der Waals surface area contributed by atoms with Gasteiger partial charge in [0.15, 0.2) is 0 Å². The Morgan fingerprint density at radius 3 is 2.81 bits per heavy atom. The number of amides is 1. The molecule has 1 aliphatic rings. The molecule has 0 aromatic heterocycles. The number of rotatable bonds is 5. The van der Waals surface area contributed by atoms with Crippen LogP contribution in [0.3, 0.4) is 0 Å². The Labute approximate surface area is 127 Å². The molecule has 1 heterocycles. The molecule has 1 amide bonds. The van der Waals surface area contributed by atoms with Crippen molar-refractivity contribution in [2.24, 2.45) is 5.92 Å². The number of carbonyl (C=O) groups is 1. The molecular formula is C17H23N3O. The highest BCUT2D eigenvalue weighted by atomic mass is 16.2. The summed E-state index contributed by atoms with van der Waals surface area (Å²) in [4.78, 5) is 16.4. The lowest BCUT2D eigenvalue weighted by molar-refractivity contribution is -0.132. The summed E-state index contributed by atoms with van der Waals surface area (Å²) in [5, 5.41) is 8.89. The second-order valence-electron chi connectivity index (χ2n) is 5.69. The molecule has 0 fully saturated rings. The van der Waals surface area contributed by atoms with Crippen LogP contribution < -0.4 is 0 Å². The van der Waals surface area contributed by atoms with E-state index in [4.69, 9.17) is 5.26 Å². The average Bonchev–Trinajstić information content (AvgIpc) is 2.52. The van der Waals surface area contributed by atoms with E-state index in [1.54, 1.807) is 4.90 Å². The molecule has 0 saturated carbocycles. The Morgan fingerprint density at radius 1 is 1.43 bits per heavy atom. The quantitative estimate of drug-likeness (QED) is 0.832. The third kappa shape index (κ3) is 4.05. The summed E-state index contributed by atoms with van der Waals surface area (Å²) in [6.07, 6.45) is 1.00. The highest BCUT2D eigenvalue weighted by molar-refractivity contribution is 5.78. The normalized spacial score (nSPS) is 15.9. The van der Waals surface area contributed by atoms with Crippen LogP contribution in [0.15, 0.2) is 24.3 Å². The van der Waals surface area contributed by atoms with E-state index >= 15 is 0 Å². The Balaban J connectivity index is 1.93. The van der Waals surface area contributed by atoms with Gasteiger partial charge in [-0.05, 0) is 31.4 Å². The summed E-state index contributed by atoms with van der Waals surface area (Å²) in [7, 11) is 0. The van der Waals surface area contributed by atoms with Crippen LogP contribution in [0.1, 0.15) is 25.0 Å². The lowest BCUT2D eigenvalue weighted by Crippen LogP contribution is -2.43. The number of hydrogen-bond donors (Lipinski definition) is 0. The number of hydrogen-bond acceptors (Lipinski definition) is 3. The van der Waals surface area contributed by atoms with E-state index in [1.807, 2.05) is 13.8 Å². The van der Waals surface area contributed by atoms with E-state index in [1.165, 1.54) is 11.1 Å². The smallest absolute Gasteiger partial charge is 0.236 e. The predicted molar refractivity (Wildman–Crippen MR) is 82.5 cm³/mol. The predicted octanol–water partition coefficient (Wildman–Crippen LogP) is 2.05. The van der Waals surface area contributed by atoms with Crippen LogP contribution in [0.4, 0.5) is 0 Å². The molecule has 4 nitrogen and oxygen atoms in total. The van der Waals surface area contributed by atoms with Gasteiger partial charge in [-0.2, -0.15) is 5.26 Å². The summed E-state index contributed by atoms with van der Waals surface area (Å²) in [5.74, 6) is 0.00922. The monoisotopic (exact) mass is 285 g/mol. The molecule has 112 valence electrons. The standard InChI is InChI=1S/C17H23N3O/c1-3-20(11-14(2)10-18)17(21)13-19-9-8-15-6-4-5-7-16(15)12-19/h4-7,14H,3,8-9,11-13H2,1-2H3. The van der Waals surface area contributed by atoms with Gasteiger partial charge in [0.25, 0.3) is 0 Å². The second kappa shape index (κ2) is 7.24. The molecule has 1 aliphatic heterocycles. The van der Waals surface area contributed by atoms with Gasteiger partial charge in [0, 0.05) is 26.2 Å². The number of fused-ring (bicyclic) bond motifs is 1. The third-order valence-electron chi connectivity index (χ3n) is 4.02. The van der Waals surface area contributed by atoms with Gasteiger partial charge < -0.3 is 4.90 Å². The zero-order chi connectivity index (χ0) is 15.2. The highest BCUT2D eigenvalue weighted by Crippen LogP contribution is 2.18. The molecule has 0 aliphatic carbocycles. The highest BCUT2D eigenvalue weighted by Gasteiger charge is 2.21. The topological polar surface area (TPSA) is 47.3 Å². The van der Waals surface area contributed by atoms with Crippen LogP contribution in [0, 0.1) is 17.2 Å². The minimum atomic E-state index is -0.115. The number of nitrogens with zero attached hydrogens (tertiary/aromatic N) is 3. The molecule has 0 radical (unpaired) electrons. The van der Waals surface area contributed by atoms with E-state index in [2.05, 4.69) is 35.2 Å². The van der Waals surface area contributed by atoms with E-state index in [9.17, 15) is 4.79 Å². The third-order valence-corrected chi connectivity index (χ3v) is 4.02. The molecule has 1 unspecified atom stereocenters. The maximum atomic E-state index is 12.4. The van der Waals surface area contributed by atoms with E-state index in [0.29, 0.717) is 19.6 Å². The molecule has 1 aromatic rings.